The molecule has 1 aliphatic carbocycles. The fourth-order valence-electron chi connectivity index (χ4n) is 3.20. The normalized spacial score (nSPS) is 14.4. The van der Waals surface area contributed by atoms with Crippen molar-refractivity contribution in [2.75, 3.05) is 6.54 Å². The van der Waals surface area contributed by atoms with Gasteiger partial charge in [0.15, 0.2) is 11.9 Å². The highest BCUT2D eigenvalue weighted by molar-refractivity contribution is 5.80. The van der Waals surface area contributed by atoms with E-state index in [1.54, 1.807) is 23.6 Å². The summed E-state index contributed by atoms with van der Waals surface area (Å²) in [5.41, 5.74) is 0.790. The van der Waals surface area contributed by atoms with Gasteiger partial charge in [-0.15, -0.1) is 5.10 Å². The second-order valence-corrected chi connectivity index (χ2v) is 7.16. The van der Waals surface area contributed by atoms with Gasteiger partial charge in [0.25, 0.3) is 5.91 Å². The quantitative estimate of drug-likeness (QED) is 0.639. The third-order valence-corrected chi connectivity index (χ3v) is 4.86. The van der Waals surface area contributed by atoms with Crippen molar-refractivity contribution in [1.82, 2.24) is 19.7 Å². The van der Waals surface area contributed by atoms with Crippen LogP contribution in [-0.4, -0.2) is 32.9 Å². The summed E-state index contributed by atoms with van der Waals surface area (Å²) in [6, 6.07) is 19.1. The first-order valence-corrected chi connectivity index (χ1v) is 9.87. The Morgan fingerprint density at radius 1 is 1.14 bits per heavy atom. The number of carbonyl (C=O) groups is 1. The molecule has 7 heteroatoms. The van der Waals surface area contributed by atoms with Crippen LogP contribution in [0.15, 0.2) is 65.5 Å². The van der Waals surface area contributed by atoms with E-state index in [9.17, 15) is 9.59 Å². The van der Waals surface area contributed by atoms with Crippen LogP contribution in [0.3, 0.4) is 0 Å². The Labute approximate surface area is 168 Å². The Morgan fingerprint density at radius 2 is 1.79 bits per heavy atom. The van der Waals surface area contributed by atoms with E-state index in [1.807, 2.05) is 48.5 Å². The minimum absolute atomic E-state index is 0.130. The third-order valence-electron chi connectivity index (χ3n) is 4.86. The summed E-state index contributed by atoms with van der Waals surface area (Å²) in [4.78, 5) is 25.1. The maximum absolute atomic E-state index is 12.8. The van der Waals surface area contributed by atoms with Gasteiger partial charge >= 0.3 is 5.69 Å². The van der Waals surface area contributed by atoms with E-state index in [0.29, 0.717) is 24.7 Å². The molecule has 1 saturated carbocycles. The van der Waals surface area contributed by atoms with Crippen molar-refractivity contribution in [2.24, 2.45) is 0 Å². The molecule has 1 fully saturated rings. The Morgan fingerprint density at radius 3 is 2.45 bits per heavy atom. The molecule has 1 unspecified atom stereocenters. The number of nitrogens with one attached hydrogen (secondary N) is 1. The molecule has 0 radical (unpaired) electrons. The molecule has 29 heavy (non-hydrogen) atoms. The van der Waals surface area contributed by atoms with E-state index in [0.717, 1.165) is 18.4 Å². The van der Waals surface area contributed by atoms with Crippen LogP contribution in [0.2, 0.25) is 0 Å². The average molecular weight is 392 g/mol. The van der Waals surface area contributed by atoms with Crippen molar-refractivity contribution >= 4 is 5.91 Å². The number of amides is 1. The first-order valence-electron chi connectivity index (χ1n) is 9.87. The van der Waals surface area contributed by atoms with Gasteiger partial charge in [-0.3, -0.25) is 9.36 Å². The van der Waals surface area contributed by atoms with Crippen LogP contribution < -0.4 is 15.7 Å². The second-order valence-electron chi connectivity index (χ2n) is 7.16. The predicted octanol–water partition coefficient (Wildman–Crippen LogP) is 2.63. The summed E-state index contributed by atoms with van der Waals surface area (Å²) in [7, 11) is 0. The Balaban J connectivity index is 1.40. The SMILES string of the molecule is CC(Oc1ccccc1)C(=O)NCCn1nc(-c2ccccc2)n(C2CC2)c1=O. The van der Waals surface area contributed by atoms with Crippen LogP contribution in [0.4, 0.5) is 0 Å². The Hall–Kier alpha value is -3.35. The minimum Gasteiger partial charge on any atom is -0.481 e. The molecule has 0 spiro atoms. The molecular weight excluding hydrogens is 368 g/mol. The zero-order valence-corrected chi connectivity index (χ0v) is 16.3. The molecule has 1 heterocycles. The molecule has 2 aromatic carbocycles. The molecule has 1 amide bonds. The lowest BCUT2D eigenvalue weighted by molar-refractivity contribution is -0.127. The number of aromatic nitrogens is 3. The van der Waals surface area contributed by atoms with Crippen molar-refractivity contribution < 1.29 is 9.53 Å². The third kappa shape index (κ3) is 4.39. The Bertz CT molecular complexity index is 1020. The highest BCUT2D eigenvalue weighted by Crippen LogP contribution is 2.36. The fraction of sp³-hybridized carbons (Fsp3) is 0.318. The first kappa shape index (κ1) is 19.0. The number of rotatable bonds is 8. The molecule has 0 bridgehead atoms. The van der Waals surface area contributed by atoms with Gasteiger partial charge < -0.3 is 10.1 Å². The van der Waals surface area contributed by atoms with E-state index in [1.165, 1.54) is 4.68 Å². The topological polar surface area (TPSA) is 78.2 Å². The van der Waals surface area contributed by atoms with Crippen LogP contribution in [0, 0.1) is 0 Å². The highest BCUT2D eigenvalue weighted by Gasteiger charge is 2.30. The molecule has 7 nitrogen and oxygen atoms in total. The lowest BCUT2D eigenvalue weighted by atomic mass is 10.2. The molecule has 4 rings (SSSR count). The second kappa shape index (κ2) is 8.34. The number of carbonyl (C=O) groups excluding carboxylic acids is 1. The molecule has 1 N–H and O–H groups in total. The van der Waals surface area contributed by atoms with Crippen molar-refractivity contribution in [3.8, 4) is 17.1 Å². The average Bonchev–Trinajstić information content (AvgIpc) is 3.53. The standard InChI is InChI=1S/C22H24N4O3/c1-16(29-19-10-6-3-7-11-19)21(27)23-14-15-25-22(28)26(18-12-13-18)20(24-25)17-8-4-2-5-9-17/h2-11,16,18H,12-15H2,1H3,(H,23,27). The molecular formula is C22H24N4O3. The van der Waals surface area contributed by atoms with Gasteiger partial charge in [0.1, 0.15) is 5.75 Å². The molecule has 1 aliphatic rings. The number of nitrogens with zero attached hydrogens (tertiary/aromatic N) is 3. The number of hydrogen-bond donors (Lipinski definition) is 1. The number of para-hydroxylation sites is 1. The summed E-state index contributed by atoms with van der Waals surface area (Å²) < 4.78 is 8.83. The van der Waals surface area contributed by atoms with Crippen LogP contribution in [-0.2, 0) is 11.3 Å². The van der Waals surface area contributed by atoms with Crippen molar-refractivity contribution in [3.05, 3.63) is 71.1 Å². The van der Waals surface area contributed by atoms with Gasteiger partial charge in [-0.2, -0.15) is 0 Å². The van der Waals surface area contributed by atoms with E-state index >= 15 is 0 Å². The Kier molecular flexibility index (Phi) is 5.46. The summed E-state index contributed by atoms with van der Waals surface area (Å²) in [6.07, 6.45) is 1.37. The summed E-state index contributed by atoms with van der Waals surface area (Å²) in [5, 5.41) is 7.35. The van der Waals surface area contributed by atoms with Gasteiger partial charge in [-0.1, -0.05) is 48.5 Å². The van der Waals surface area contributed by atoms with Crippen LogP contribution in [0.25, 0.3) is 11.4 Å². The van der Waals surface area contributed by atoms with Gasteiger partial charge in [0.2, 0.25) is 0 Å². The smallest absolute Gasteiger partial charge is 0.346 e. The molecule has 1 atom stereocenters. The molecule has 150 valence electrons. The summed E-state index contributed by atoms with van der Waals surface area (Å²) in [6.45, 7) is 2.31. The lowest BCUT2D eigenvalue weighted by Crippen LogP contribution is -2.39. The van der Waals surface area contributed by atoms with E-state index < -0.39 is 6.10 Å². The van der Waals surface area contributed by atoms with Crippen LogP contribution in [0.5, 0.6) is 5.75 Å². The highest BCUT2D eigenvalue weighted by atomic mass is 16.5. The maximum Gasteiger partial charge on any atom is 0.346 e. The zero-order valence-electron chi connectivity index (χ0n) is 16.3. The molecule has 1 aromatic heterocycles. The summed E-state index contributed by atoms with van der Waals surface area (Å²) >= 11 is 0. The maximum atomic E-state index is 12.8. The molecule has 0 saturated heterocycles. The van der Waals surface area contributed by atoms with Crippen molar-refractivity contribution in [2.45, 2.75) is 38.5 Å². The zero-order chi connectivity index (χ0) is 20.2. The minimum atomic E-state index is -0.627. The first-order chi connectivity index (χ1) is 14.1. The predicted molar refractivity (Wildman–Crippen MR) is 110 cm³/mol. The molecule has 3 aromatic rings. The van der Waals surface area contributed by atoms with Crippen LogP contribution in [0.1, 0.15) is 25.8 Å². The fourth-order valence-corrected chi connectivity index (χ4v) is 3.20. The van der Waals surface area contributed by atoms with Crippen molar-refractivity contribution in [1.29, 1.82) is 0 Å². The van der Waals surface area contributed by atoms with Crippen LogP contribution >= 0.6 is 0 Å². The van der Waals surface area contributed by atoms with Gasteiger partial charge in [-0.25, -0.2) is 9.48 Å². The van der Waals surface area contributed by atoms with E-state index in [-0.39, 0.29) is 17.6 Å². The monoisotopic (exact) mass is 392 g/mol. The number of ether oxygens (including phenoxy) is 1. The number of benzene rings is 2. The lowest BCUT2D eigenvalue weighted by Gasteiger charge is -2.14. The largest absolute Gasteiger partial charge is 0.481 e. The van der Waals surface area contributed by atoms with E-state index in [2.05, 4.69) is 10.4 Å². The van der Waals surface area contributed by atoms with E-state index in [4.69, 9.17) is 4.74 Å². The van der Waals surface area contributed by atoms with Gasteiger partial charge in [0.05, 0.1) is 6.54 Å². The number of hydrogen-bond acceptors (Lipinski definition) is 4. The summed E-state index contributed by atoms with van der Waals surface area (Å²) in [5.74, 6) is 1.10. The van der Waals surface area contributed by atoms with Gasteiger partial charge in [0, 0.05) is 18.2 Å². The van der Waals surface area contributed by atoms with Gasteiger partial charge in [-0.05, 0) is 31.9 Å². The molecule has 0 aliphatic heterocycles. The van der Waals surface area contributed by atoms with Crippen molar-refractivity contribution in [3.63, 3.8) is 0 Å².